The van der Waals surface area contributed by atoms with Crippen LogP contribution in [0.15, 0.2) is 18.2 Å². The molecule has 0 spiro atoms. The Morgan fingerprint density at radius 3 is 2.68 bits per heavy atom. The van der Waals surface area contributed by atoms with Crippen molar-refractivity contribution in [2.45, 2.75) is 26.8 Å². The number of amidine groups is 1. The number of benzene rings is 1. The smallest absolute Gasteiger partial charge is 0.0918 e. The Kier molecular flexibility index (Phi) is 6.53. The van der Waals surface area contributed by atoms with Crippen molar-refractivity contribution in [3.8, 4) is 0 Å². The zero-order valence-electron chi connectivity index (χ0n) is 12.2. The molecule has 1 rings (SSSR count). The molecule has 1 aromatic carbocycles. The minimum atomic E-state index is 0.239. The first kappa shape index (κ1) is 15.7. The van der Waals surface area contributed by atoms with Crippen LogP contribution in [-0.2, 0) is 11.3 Å². The Balaban J connectivity index is 2.68. The number of nitrogens with two attached hydrogens (primary N) is 1. The highest BCUT2D eigenvalue weighted by atomic mass is 16.5. The molecule has 0 aromatic heterocycles. The average molecular weight is 263 g/mol. The zero-order valence-corrected chi connectivity index (χ0v) is 12.2. The maximum Gasteiger partial charge on any atom is 0.0918 e. The lowest BCUT2D eigenvalue weighted by Crippen LogP contribution is -2.30. The number of hydrogen-bond donors (Lipinski definition) is 2. The van der Waals surface area contributed by atoms with Gasteiger partial charge < -0.3 is 10.5 Å². The molecule has 0 radical (unpaired) electrons. The van der Waals surface area contributed by atoms with E-state index < -0.39 is 0 Å². The molecule has 0 aliphatic rings. The Labute approximate surface area is 116 Å². The van der Waals surface area contributed by atoms with E-state index in [1.807, 2.05) is 0 Å². The molecule has 1 aromatic rings. The van der Waals surface area contributed by atoms with Crippen molar-refractivity contribution >= 4 is 5.84 Å². The lowest BCUT2D eigenvalue weighted by Gasteiger charge is -2.23. The standard InChI is InChI=1S/C15H25N3O/c1-12-4-5-13(2)14(10-12)11-18(8-9-19-3)7-6-15(16)17/h4-5,10H,6-9,11H2,1-3H3,(H3,16,17). The van der Waals surface area contributed by atoms with Gasteiger partial charge in [0.2, 0.25) is 0 Å². The Morgan fingerprint density at radius 2 is 2.05 bits per heavy atom. The first-order valence-corrected chi connectivity index (χ1v) is 6.63. The summed E-state index contributed by atoms with van der Waals surface area (Å²) in [5, 5.41) is 7.34. The first-order valence-electron chi connectivity index (χ1n) is 6.63. The van der Waals surface area contributed by atoms with Gasteiger partial charge in [0.1, 0.15) is 0 Å². The van der Waals surface area contributed by atoms with Crippen LogP contribution in [0.25, 0.3) is 0 Å². The second-order valence-electron chi connectivity index (χ2n) is 4.97. The molecule has 0 atom stereocenters. The maximum absolute atomic E-state index is 7.34. The maximum atomic E-state index is 7.34. The fraction of sp³-hybridized carbons (Fsp3) is 0.533. The summed E-state index contributed by atoms with van der Waals surface area (Å²) >= 11 is 0. The van der Waals surface area contributed by atoms with Gasteiger partial charge in [0.15, 0.2) is 0 Å². The molecular weight excluding hydrogens is 238 g/mol. The van der Waals surface area contributed by atoms with Crippen LogP contribution in [0, 0.1) is 19.3 Å². The highest BCUT2D eigenvalue weighted by Gasteiger charge is 2.08. The molecular formula is C15H25N3O. The average Bonchev–Trinajstić information content (AvgIpc) is 2.36. The predicted octanol–water partition coefficient (Wildman–Crippen LogP) is 2.08. The van der Waals surface area contributed by atoms with E-state index in [2.05, 4.69) is 36.9 Å². The van der Waals surface area contributed by atoms with Crippen LogP contribution in [0.1, 0.15) is 23.1 Å². The summed E-state index contributed by atoms with van der Waals surface area (Å²) in [6, 6.07) is 6.51. The molecule has 4 nitrogen and oxygen atoms in total. The molecule has 4 heteroatoms. The van der Waals surface area contributed by atoms with Gasteiger partial charge in [-0.05, 0) is 25.0 Å². The number of ether oxygens (including phenoxy) is 1. The van der Waals surface area contributed by atoms with Gasteiger partial charge in [-0.2, -0.15) is 0 Å². The third-order valence-electron chi connectivity index (χ3n) is 3.21. The molecule has 19 heavy (non-hydrogen) atoms. The molecule has 0 aliphatic carbocycles. The van der Waals surface area contributed by atoms with Gasteiger partial charge in [0.05, 0.1) is 12.4 Å². The minimum absolute atomic E-state index is 0.239. The van der Waals surface area contributed by atoms with Crippen molar-refractivity contribution in [3.63, 3.8) is 0 Å². The fourth-order valence-electron chi connectivity index (χ4n) is 1.98. The number of hydrogen-bond acceptors (Lipinski definition) is 3. The van der Waals surface area contributed by atoms with Crippen LogP contribution in [0.5, 0.6) is 0 Å². The molecule has 0 heterocycles. The second-order valence-corrected chi connectivity index (χ2v) is 4.97. The largest absolute Gasteiger partial charge is 0.388 e. The summed E-state index contributed by atoms with van der Waals surface area (Å²) in [7, 11) is 1.71. The lowest BCUT2D eigenvalue weighted by atomic mass is 10.1. The lowest BCUT2D eigenvalue weighted by molar-refractivity contribution is 0.145. The van der Waals surface area contributed by atoms with E-state index in [0.29, 0.717) is 13.0 Å². The number of methoxy groups -OCH3 is 1. The van der Waals surface area contributed by atoms with Crippen molar-refractivity contribution in [1.82, 2.24) is 4.90 Å². The van der Waals surface area contributed by atoms with Crippen molar-refractivity contribution in [2.24, 2.45) is 5.73 Å². The Bertz CT molecular complexity index is 418. The minimum Gasteiger partial charge on any atom is -0.388 e. The third-order valence-corrected chi connectivity index (χ3v) is 3.21. The summed E-state index contributed by atoms with van der Waals surface area (Å²) in [6.45, 7) is 7.47. The topological polar surface area (TPSA) is 62.3 Å². The van der Waals surface area contributed by atoms with Gasteiger partial charge in [-0.1, -0.05) is 23.8 Å². The molecule has 0 saturated heterocycles. The fourth-order valence-corrected chi connectivity index (χ4v) is 1.98. The van der Waals surface area contributed by atoms with Crippen LogP contribution in [0.3, 0.4) is 0 Å². The molecule has 0 aliphatic heterocycles. The third kappa shape index (κ3) is 5.85. The summed E-state index contributed by atoms with van der Waals surface area (Å²) in [5.74, 6) is 0.239. The number of rotatable bonds is 8. The van der Waals surface area contributed by atoms with Crippen molar-refractivity contribution in [2.75, 3.05) is 26.8 Å². The number of nitrogens with one attached hydrogen (secondary N) is 1. The quantitative estimate of drug-likeness (QED) is 0.557. The van der Waals surface area contributed by atoms with E-state index in [4.69, 9.17) is 15.9 Å². The summed E-state index contributed by atoms with van der Waals surface area (Å²) in [6.07, 6.45) is 0.606. The second kappa shape index (κ2) is 7.92. The molecule has 0 unspecified atom stereocenters. The molecule has 3 N–H and O–H groups in total. The van der Waals surface area contributed by atoms with Gasteiger partial charge in [0.25, 0.3) is 0 Å². The van der Waals surface area contributed by atoms with E-state index in [1.54, 1.807) is 7.11 Å². The van der Waals surface area contributed by atoms with Crippen LogP contribution < -0.4 is 5.73 Å². The normalized spacial score (nSPS) is 10.9. The highest BCUT2D eigenvalue weighted by molar-refractivity contribution is 5.76. The first-order chi connectivity index (χ1) is 9.02. The van der Waals surface area contributed by atoms with Crippen LogP contribution in [0.4, 0.5) is 0 Å². The van der Waals surface area contributed by atoms with Gasteiger partial charge in [-0.3, -0.25) is 10.3 Å². The van der Waals surface area contributed by atoms with Crippen molar-refractivity contribution < 1.29 is 4.74 Å². The monoisotopic (exact) mass is 263 g/mol. The summed E-state index contributed by atoms with van der Waals surface area (Å²) in [4.78, 5) is 2.28. The number of aryl methyl sites for hydroxylation is 2. The van der Waals surface area contributed by atoms with Gasteiger partial charge >= 0.3 is 0 Å². The van der Waals surface area contributed by atoms with Crippen LogP contribution >= 0.6 is 0 Å². The predicted molar refractivity (Wildman–Crippen MR) is 79.6 cm³/mol. The molecule has 0 saturated carbocycles. The van der Waals surface area contributed by atoms with Crippen LogP contribution in [0.2, 0.25) is 0 Å². The van der Waals surface area contributed by atoms with E-state index in [1.165, 1.54) is 16.7 Å². The van der Waals surface area contributed by atoms with E-state index in [0.717, 1.165) is 19.6 Å². The molecule has 0 bridgehead atoms. The van der Waals surface area contributed by atoms with Gasteiger partial charge in [0, 0.05) is 33.2 Å². The van der Waals surface area contributed by atoms with Gasteiger partial charge in [-0.25, -0.2) is 0 Å². The molecule has 0 amide bonds. The zero-order chi connectivity index (χ0) is 14.3. The van der Waals surface area contributed by atoms with Crippen LogP contribution in [-0.4, -0.2) is 37.5 Å². The summed E-state index contributed by atoms with van der Waals surface area (Å²) < 4.78 is 5.14. The molecule has 0 fully saturated rings. The van der Waals surface area contributed by atoms with E-state index in [9.17, 15) is 0 Å². The van der Waals surface area contributed by atoms with Crippen molar-refractivity contribution in [3.05, 3.63) is 34.9 Å². The number of nitrogens with zero attached hydrogens (tertiary/aromatic N) is 1. The SMILES string of the molecule is COCCN(CCC(=N)N)Cc1cc(C)ccc1C. The molecule has 106 valence electrons. The summed E-state index contributed by atoms with van der Waals surface area (Å²) in [5.41, 5.74) is 9.35. The Hall–Kier alpha value is -1.39. The van der Waals surface area contributed by atoms with Crippen molar-refractivity contribution in [1.29, 1.82) is 5.41 Å². The Morgan fingerprint density at radius 1 is 1.32 bits per heavy atom. The van der Waals surface area contributed by atoms with E-state index in [-0.39, 0.29) is 5.84 Å². The van der Waals surface area contributed by atoms with Gasteiger partial charge in [-0.15, -0.1) is 0 Å². The van der Waals surface area contributed by atoms with E-state index >= 15 is 0 Å². The highest BCUT2D eigenvalue weighted by Crippen LogP contribution is 2.13.